The lowest BCUT2D eigenvalue weighted by atomic mass is 9.83. The van der Waals surface area contributed by atoms with Gasteiger partial charge in [-0.15, -0.1) is 0 Å². The highest BCUT2D eigenvalue weighted by atomic mass is 19.1. The first kappa shape index (κ1) is 58.3. The number of fused-ring (bicyclic) bond motifs is 9. The van der Waals surface area contributed by atoms with E-state index in [1.165, 1.54) is 124 Å². The Balaban J connectivity index is 0.000000130. The van der Waals surface area contributed by atoms with Crippen LogP contribution in [0.4, 0.5) is 4.39 Å². The second kappa shape index (κ2) is 23.4. The summed E-state index contributed by atoms with van der Waals surface area (Å²) in [6, 6.07) is 62.5. The van der Waals surface area contributed by atoms with Crippen LogP contribution in [0, 0.1) is 61.1 Å². The van der Waals surface area contributed by atoms with Crippen molar-refractivity contribution in [3.05, 3.63) is 285 Å². The Morgan fingerprint density at radius 1 is 0.312 bits per heavy atom. The Hall–Kier alpha value is -9.85. The number of nitrogens with zero attached hydrogens (tertiary/aromatic N) is 6. The van der Waals surface area contributed by atoms with Crippen LogP contribution in [0.25, 0.3) is 101 Å². The summed E-state index contributed by atoms with van der Waals surface area (Å²) in [6.45, 7) is 26.4. The first-order valence-electron chi connectivity index (χ1n) is 33.8. The average molecular weight is 1220 g/mol. The molecule has 0 atom stereocenters. The van der Waals surface area contributed by atoms with E-state index in [0.717, 1.165) is 62.1 Å². The standard InChI is InChI=1S/2C29H29N2.C28H26FN2/c2*1-18-7-10-21(11-8-18)22-12-14-27(31(6)17-22)24-16-26-25(15-19(24)2)23-13-9-20(3)30-28(23)29(26,4)5;1-17-14-24-22-12-6-18(2)30-27(22)28(3,4)25(24)15-23(17)26-13-9-20(16-31(26)5)19-7-10-21(29)11-8-19/h2*7-17H,1-6H3;6-16H,1-5H3/q3*+1/i1D3;;. The van der Waals surface area contributed by atoms with E-state index in [4.69, 9.17) is 19.1 Å². The van der Waals surface area contributed by atoms with Crippen LogP contribution in [0.5, 0.6) is 0 Å². The molecule has 3 aliphatic carbocycles. The van der Waals surface area contributed by atoms with Gasteiger partial charge in [0, 0.05) is 106 Å². The number of hydrogen-bond donors (Lipinski definition) is 0. The van der Waals surface area contributed by atoms with Gasteiger partial charge in [0.2, 0.25) is 17.1 Å². The number of pyridine rings is 6. The van der Waals surface area contributed by atoms with E-state index in [2.05, 4.69) is 270 Å². The fourth-order valence-corrected chi connectivity index (χ4v) is 14.5. The van der Waals surface area contributed by atoms with Gasteiger partial charge in [0.1, 0.15) is 27.0 Å². The van der Waals surface area contributed by atoms with E-state index in [-0.39, 0.29) is 22.1 Å². The largest absolute Gasteiger partial charge is 0.257 e. The molecule has 15 rings (SSSR count). The van der Waals surface area contributed by atoms with Crippen molar-refractivity contribution in [2.45, 2.75) is 113 Å². The predicted octanol–water partition coefficient (Wildman–Crippen LogP) is 19.2. The van der Waals surface area contributed by atoms with Crippen LogP contribution in [0.2, 0.25) is 0 Å². The Morgan fingerprint density at radius 3 is 0.882 bits per heavy atom. The van der Waals surface area contributed by atoms with Gasteiger partial charge < -0.3 is 0 Å². The molecule has 0 saturated heterocycles. The van der Waals surface area contributed by atoms with Crippen molar-refractivity contribution in [3.63, 3.8) is 0 Å². The van der Waals surface area contributed by atoms with Gasteiger partial charge >= 0.3 is 0 Å². The maximum Gasteiger partial charge on any atom is 0.212 e. The minimum absolute atomic E-state index is 0.0977. The molecule has 0 spiro atoms. The summed E-state index contributed by atoms with van der Waals surface area (Å²) in [6.07, 6.45) is 6.45. The van der Waals surface area contributed by atoms with Gasteiger partial charge in [-0.3, -0.25) is 15.0 Å². The molecule has 6 heterocycles. The van der Waals surface area contributed by atoms with E-state index in [1.807, 2.05) is 31.2 Å². The Bertz CT molecular complexity index is 4910. The molecule has 0 bridgehead atoms. The average Bonchev–Trinajstić information content (AvgIpc) is 1.59. The second-order valence-corrected chi connectivity index (χ2v) is 27.8. The zero-order valence-electron chi connectivity index (χ0n) is 59.6. The maximum absolute atomic E-state index is 13.3. The highest BCUT2D eigenvalue weighted by molar-refractivity contribution is 5.86. The minimum Gasteiger partial charge on any atom is -0.257 e. The van der Waals surface area contributed by atoms with Crippen molar-refractivity contribution < 1.29 is 22.2 Å². The third kappa shape index (κ3) is 11.1. The van der Waals surface area contributed by atoms with Crippen LogP contribution in [0.3, 0.4) is 0 Å². The summed E-state index contributed by atoms with van der Waals surface area (Å²) < 4.78 is 42.6. The molecule has 6 aromatic heterocycles. The number of rotatable bonds is 6. The second-order valence-electron chi connectivity index (χ2n) is 27.8. The van der Waals surface area contributed by atoms with Gasteiger partial charge in [-0.2, -0.15) is 0 Å². The highest BCUT2D eigenvalue weighted by Crippen LogP contribution is 2.52. The summed E-state index contributed by atoms with van der Waals surface area (Å²) >= 11 is 0. The molecule has 0 amide bonds. The van der Waals surface area contributed by atoms with E-state index >= 15 is 0 Å². The highest BCUT2D eigenvalue weighted by Gasteiger charge is 2.41. The zero-order chi connectivity index (χ0) is 68.2. The zero-order valence-corrected chi connectivity index (χ0v) is 56.6. The number of halogens is 1. The third-order valence-electron chi connectivity index (χ3n) is 19.9. The summed E-state index contributed by atoms with van der Waals surface area (Å²) in [7, 11) is 6.28. The fraction of sp³-hybridized carbons (Fsp3) is 0.233. The molecule has 0 unspecified atom stereocenters. The van der Waals surface area contributed by atoms with Gasteiger partial charge in [-0.05, 0) is 189 Å². The number of hydrogen-bond acceptors (Lipinski definition) is 3. The van der Waals surface area contributed by atoms with Gasteiger partial charge in [0.25, 0.3) is 0 Å². The van der Waals surface area contributed by atoms with Crippen LogP contribution in [-0.2, 0) is 37.4 Å². The van der Waals surface area contributed by atoms with Crippen molar-refractivity contribution in [1.82, 2.24) is 15.0 Å². The van der Waals surface area contributed by atoms with Crippen LogP contribution in [-0.4, -0.2) is 15.0 Å². The third-order valence-corrected chi connectivity index (χ3v) is 19.9. The number of aromatic nitrogens is 6. The van der Waals surface area contributed by atoms with Crippen LogP contribution in [0.1, 0.15) is 124 Å². The molecule has 6 aromatic carbocycles. The lowest BCUT2D eigenvalue weighted by molar-refractivity contribution is -0.660. The normalized spacial score (nSPS) is 14.4. The Morgan fingerprint density at radius 2 is 0.591 bits per heavy atom. The molecule has 0 radical (unpaired) electrons. The molecule has 462 valence electrons. The summed E-state index contributed by atoms with van der Waals surface area (Å²) in [5.74, 6) is -0.216. The number of aryl methyl sites for hydroxylation is 11. The molecule has 7 heteroatoms. The van der Waals surface area contributed by atoms with E-state index in [0.29, 0.717) is 5.56 Å². The summed E-state index contributed by atoms with van der Waals surface area (Å²) in [4.78, 5) is 14.7. The topological polar surface area (TPSA) is 50.3 Å². The minimum atomic E-state index is -2.08. The van der Waals surface area contributed by atoms with Crippen molar-refractivity contribution in [2.75, 3.05) is 0 Å². The van der Waals surface area contributed by atoms with Crippen molar-refractivity contribution in [1.29, 1.82) is 0 Å². The van der Waals surface area contributed by atoms with Gasteiger partial charge in [0.15, 0.2) is 18.6 Å². The quantitative estimate of drug-likeness (QED) is 0.156. The predicted molar refractivity (Wildman–Crippen MR) is 379 cm³/mol. The van der Waals surface area contributed by atoms with E-state index in [9.17, 15) is 4.39 Å². The molecule has 93 heavy (non-hydrogen) atoms. The van der Waals surface area contributed by atoms with E-state index in [1.54, 1.807) is 12.1 Å². The molecule has 0 fully saturated rings. The summed E-state index contributed by atoms with van der Waals surface area (Å²) in [5, 5.41) is 0. The molecule has 6 nitrogen and oxygen atoms in total. The first-order valence-corrected chi connectivity index (χ1v) is 32.3. The lowest BCUT2D eigenvalue weighted by Gasteiger charge is -2.21. The van der Waals surface area contributed by atoms with Crippen molar-refractivity contribution in [3.8, 4) is 101 Å². The Kier molecular flexibility index (Phi) is 14.6. The maximum atomic E-state index is 13.3. The molecule has 3 aliphatic rings. The monoisotopic (exact) mass is 1220 g/mol. The number of benzene rings is 6. The van der Waals surface area contributed by atoms with Gasteiger partial charge in [-0.1, -0.05) is 150 Å². The Labute approximate surface area is 554 Å². The van der Waals surface area contributed by atoms with E-state index < -0.39 is 6.85 Å². The molecule has 0 aliphatic heterocycles. The fourth-order valence-electron chi connectivity index (χ4n) is 14.5. The molecular weight excluding hydrogens is 1140 g/mol. The lowest BCUT2D eigenvalue weighted by Crippen LogP contribution is -2.31. The van der Waals surface area contributed by atoms with Crippen LogP contribution >= 0.6 is 0 Å². The van der Waals surface area contributed by atoms with Gasteiger partial charge in [-0.25, -0.2) is 18.1 Å². The summed E-state index contributed by atoms with van der Waals surface area (Å²) in [5.41, 5.74) is 37.2. The SMILES string of the molecule is Cc1ccc(-c2ccc(-c3cc4c(cc3C)-c3ccc(C)nc3C4(C)C)[n+](C)c2)cc1.Cc1ccc2c(n1)C(C)(C)c1cc(-c3ccc(-c4ccc(F)cc4)c[n+]3C)c(C)cc1-2.[2H]C([2H])([2H])c1ccc(-c2ccc(-c3cc4c(cc3C)-c3ccc(C)nc3C4(C)C)[n+](C)c2)cc1. The first-order chi connectivity index (χ1) is 45.5. The van der Waals surface area contributed by atoms with Gasteiger partial charge in [0.05, 0.1) is 17.1 Å². The van der Waals surface area contributed by atoms with Crippen molar-refractivity contribution >= 4 is 0 Å². The molecular formula is C86H84FN6+3. The van der Waals surface area contributed by atoms with Crippen LogP contribution in [0.15, 0.2) is 201 Å². The van der Waals surface area contributed by atoms with Crippen molar-refractivity contribution in [2.24, 2.45) is 21.1 Å². The molecule has 12 aromatic rings. The molecule has 0 saturated carbocycles. The molecule has 0 N–H and O–H groups in total. The van der Waals surface area contributed by atoms with Crippen LogP contribution < -0.4 is 13.7 Å². The smallest absolute Gasteiger partial charge is 0.212 e.